The number of carbonyl (C=O) groups excluding carboxylic acids is 1. The zero-order valence-electron chi connectivity index (χ0n) is 8.27. The van der Waals surface area contributed by atoms with Crippen molar-refractivity contribution >= 4 is 5.97 Å². The average Bonchev–Trinajstić information content (AvgIpc) is 2.59. The lowest BCUT2D eigenvalue weighted by molar-refractivity contribution is -0.135. The molecule has 76 valence electrons. The van der Waals surface area contributed by atoms with Crippen molar-refractivity contribution in [2.75, 3.05) is 7.11 Å². The van der Waals surface area contributed by atoms with Gasteiger partial charge < -0.3 is 10.5 Å². The van der Waals surface area contributed by atoms with E-state index in [1.807, 2.05) is 12.2 Å². The monoisotopic (exact) mass is 193 g/mol. The van der Waals surface area contributed by atoms with Gasteiger partial charge in [-0.3, -0.25) is 0 Å². The highest BCUT2D eigenvalue weighted by Gasteiger charge is 2.33. The van der Waals surface area contributed by atoms with Crippen LogP contribution in [0.5, 0.6) is 0 Å². The highest BCUT2D eigenvalue weighted by Crippen LogP contribution is 2.36. The minimum Gasteiger partial charge on any atom is -0.465 e. The van der Waals surface area contributed by atoms with Crippen molar-refractivity contribution in [2.24, 2.45) is 17.6 Å². The van der Waals surface area contributed by atoms with Crippen LogP contribution in [0.25, 0.3) is 0 Å². The summed E-state index contributed by atoms with van der Waals surface area (Å²) in [6, 6.07) is 0.256. The molecule has 0 saturated heterocycles. The molecule has 3 nitrogen and oxygen atoms in total. The largest absolute Gasteiger partial charge is 0.465 e. The number of ether oxygens (including phenoxy) is 1. The lowest BCUT2D eigenvalue weighted by Crippen LogP contribution is -2.27. The summed E-state index contributed by atoms with van der Waals surface area (Å²) >= 11 is 0. The Bertz CT molecular complexity index is 306. The summed E-state index contributed by atoms with van der Waals surface area (Å²) in [5.41, 5.74) is 6.62. The SMILES string of the molecule is COC(=O)C1=CC2CCC(N)C2C=C1. The lowest BCUT2D eigenvalue weighted by Gasteiger charge is -2.20. The fourth-order valence-electron chi connectivity index (χ4n) is 2.32. The van der Waals surface area contributed by atoms with E-state index in [4.69, 9.17) is 5.73 Å². The van der Waals surface area contributed by atoms with Crippen LogP contribution in [0.1, 0.15) is 12.8 Å². The Labute approximate surface area is 83.6 Å². The van der Waals surface area contributed by atoms with Crippen LogP contribution in [0.4, 0.5) is 0 Å². The molecule has 0 aromatic heterocycles. The highest BCUT2D eigenvalue weighted by molar-refractivity contribution is 5.91. The van der Waals surface area contributed by atoms with Gasteiger partial charge in [0.25, 0.3) is 0 Å². The van der Waals surface area contributed by atoms with Gasteiger partial charge in [0, 0.05) is 6.04 Å². The van der Waals surface area contributed by atoms with E-state index in [1.54, 1.807) is 0 Å². The minimum absolute atomic E-state index is 0.250. The van der Waals surface area contributed by atoms with Crippen LogP contribution in [0.2, 0.25) is 0 Å². The van der Waals surface area contributed by atoms with Crippen molar-refractivity contribution in [3.8, 4) is 0 Å². The quantitative estimate of drug-likeness (QED) is 0.632. The van der Waals surface area contributed by atoms with E-state index in [9.17, 15) is 4.79 Å². The summed E-state index contributed by atoms with van der Waals surface area (Å²) in [5, 5.41) is 0. The molecule has 2 N–H and O–H groups in total. The summed E-state index contributed by atoms with van der Waals surface area (Å²) in [4.78, 5) is 11.3. The molecule has 0 aromatic rings. The number of esters is 1. The Morgan fingerprint density at radius 1 is 1.57 bits per heavy atom. The van der Waals surface area contributed by atoms with Gasteiger partial charge in [-0.1, -0.05) is 18.2 Å². The summed E-state index contributed by atoms with van der Waals surface area (Å²) in [5.74, 6) is 0.604. The molecule has 2 rings (SSSR count). The average molecular weight is 193 g/mol. The third kappa shape index (κ3) is 1.48. The molecule has 3 unspecified atom stereocenters. The number of allylic oxidation sites excluding steroid dienone is 1. The third-order valence-corrected chi connectivity index (χ3v) is 3.13. The molecule has 14 heavy (non-hydrogen) atoms. The van der Waals surface area contributed by atoms with E-state index < -0.39 is 0 Å². The molecule has 3 atom stereocenters. The first-order valence-corrected chi connectivity index (χ1v) is 4.96. The van der Waals surface area contributed by atoms with Gasteiger partial charge in [0.05, 0.1) is 12.7 Å². The topological polar surface area (TPSA) is 52.3 Å². The second-order valence-corrected chi connectivity index (χ2v) is 3.96. The molecule has 0 aliphatic heterocycles. The number of carbonyl (C=O) groups is 1. The molecule has 1 fully saturated rings. The number of hydrogen-bond donors (Lipinski definition) is 1. The summed E-state index contributed by atoms with van der Waals surface area (Å²) in [6.45, 7) is 0. The van der Waals surface area contributed by atoms with Crippen molar-refractivity contribution in [3.63, 3.8) is 0 Å². The highest BCUT2D eigenvalue weighted by atomic mass is 16.5. The number of methoxy groups -OCH3 is 1. The van der Waals surface area contributed by atoms with Crippen LogP contribution in [-0.4, -0.2) is 19.1 Å². The van der Waals surface area contributed by atoms with E-state index in [2.05, 4.69) is 10.8 Å². The van der Waals surface area contributed by atoms with E-state index in [0.717, 1.165) is 12.8 Å². The van der Waals surface area contributed by atoms with Crippen LogP contribution >= 0.6 is 0 Å². The predicted octanol–water partition coefficient (Wildman–Crippen LogP) is 1.01. The van der Waals surface area contributed by atoms with Crippen molar-refractivity contribution in [3.05, 3.63) is 23.8 Å². The van der Waals surface area contributed by atoms with Crippen LogP contribution in [0, 0.1) is 11.8 Å². The zero-order chi connectivity index (χ0) is 10.1. The van der Waals surface area contributed by atoms with Crippen LogP contribution < -0.4 is 5.73 Å². The maximum atomic E-state index is 11.3. The summed E-state index contributed by atoms with van der Waals surface area (Å²) < 4.78 is 4.68. The van der Waals surface area contributed by atoms with Crippen molar-refractivity contribution in [1.82, 2.24) is 0 Å². The van der Waals surface area contributed by atoms with Gasteiger partial charge in [0.1, 0.15) is 0 Å². The van der Waals surface area contributed by atoms with Crippen molar-refractivity contribution < 1.29 is 9.53 Å². The molecule has 1 saturated carbocycles. The molecule has 2 aliphatic rings. The number of fused-ring (bicyclic) bond motifs is 1. The van der Waals surface area contributed by atoms with Gasteiger partial charge in [0.2, 0.25) is 0 Å². The Kier molecular flexibility index (Phi) is 2.42. The Morgan fingerprint density at radius 3 is 3.07 bits per heavy atom. The molecule has 2 aliphatic carbocycles. The third-order valence-electron chi connectivity index (χ3n) is 3.13. The van der Waals surface area contributed by atoms with Gasteiger partial charge in [-0.15, -0.1) is 0 Å². The first kappa shape index (κ1) is 9.46. The number of hydrogen-bond acceptors (Lipinski definition) is 3. The molecule has 0 spiro atoms. The predicted molar refractivity (Wildman–Crippen MR) is 53.4 cm³/mol. The zero-order valence-corrected chi connectivity index (χ0v) is 8.27. The Hall–Kier alpha value is -1.09. The fraction of sp³-hybridized carbons (Fsp3) is 0.545. The van der Waals surface area contributed by atoms with Crippen molar-refractivity contribution in [1.29, 1.82) is 0 Å². The smallest absolute Gasteiger partial charge is 0.337 e. The second kappa shape index (κ2) is 3.58. The van der Waals surface area contributed by atoms with Crippen LogP contribution in [0.15, 0.2) is 23.8 Å². The Balaban J connectivity index is 2.16. The van der Waals surface area contributed by atoms with Gasteiger partial charge in [-0.05, 0) is 24.7 Å². The van der Waals surface area contributed by atoms with Gasteiger partial charge in [-0.2, -0.15) is 0 Å². The van der Waals surface area contributed by atoms with Crippen LogP contribution in [0.3, 0.4) is 0 Å². The maximum Gasteiger partial charge on any atom is 0.337 e. The first-order valence-electron chi connectivity index (χ1n) is 4.96. The van der Waals surface area contributed by atoms with Gasteiger partial charge in [-0.25, -0.2) is 4.79 Å². The van der Waals surface area contributed by atoms with E-state index in [1.165, 1.54) is 7.11 Å². The molecular formula is C11H15NO2. The molecule has 0 bridgehead atoms. The molecule has 0 aromatic carbocycles. The fourth-order valence-corrected chi connectivity index (χ4v) is 2.32. The normalized spacial score (nSPS) is 35.0. The first-order chi connectivity index (χ1) is 6.72. The molecule has 0 heterocycles. The Morgan fingerprint density at radius 2 is 2.36 bits per heavy atom. The molecular weight excluding hydrogens is 178 g/mol. The van der Waals surface area contributed by atoms with Gasteiger partial charge in [0.15, 0.2) is 0 Å². The van der Waals surface area contributed by atoms with Crippen molar-refractivity contribution in [2.45, 2.75) is 18.9 Å². The molecule has 0 radical (unpaired) electrons. The maximum absolute atomic E-state index is 11.3. The van der Waals surface area contributed by atoms with Crippen LogP contribution in [-0.2, 0) is 9.53 Å². The number of nitrogens with two attached hydrogens (primary N) is 1. The molecule has 3 heteroatoms. The van der Waals surface area contributed by atoms with E-state index in [0.29, 0.717) is 17.4 Å². The minimum atomic E-state index is -0.250. The summed E-state index contributed by atoms with van der Waals surface area (Å²) in [6.07, 6.45) is 8.01. The standard InChI is InChI=1S/C11H15NO2/c1-14-11(13)8-2-4-9-7(6-8)3-5-10(9)12/h2,4,6-7,9-10H,3,5,12H2,1H3. The molecule has 0 amide bonds. The van der Waals surface area contributed by atoms with Gasteiger partial charge >= 0.3 is 5.97 Å². The number of rotatable bonds is 1. The van der Waals surface area contributed by atoms with E-state index in [-0.39, 0.29) is 12.0 Å². The second-order valence-electron chi connectivity index (χ2n) is 3.96. The van der Waals surface area contributed by atoms with E-state index >= 15 is 0 Å². The lowest BCUT2D eigenvalue weighted by atomic mass is 9.87. The summed E-state index contributed by atoms with van der Waals surface area (Å²) in [7, 11) is 1.41.